The average molecular weight is 470 g/mol. The van der Waals surface area contributed by atoms with Crippen LogP contribution in [0.1, 0.15) is 55.8 Å². The molecule has 0 spiro atoms. The summed E-state index contributed by atoms with van der Waals surface area (Å²) in [4.78, 5) is 18.9. The molecular weight excluding hydrogens is 438 g/mol. The van der Waals surface area contributed by atoms with E-state index in [0.717, 1.165) is 29.1 Å². The largest absolute Gasteiger partial charge is 0.326 e. The highest BCUT2D eigenvalue weighted by molar-refractivity contribution is 7.07. The van der Waals surface area contributed by atoms with Crippen molar-refractivity contribution in [2.24, 2.45) is 4.99 Å². The molecule has 0 radical (unpaired) electrons. The standard InChI is InChI=1S/C26H31N3OS.ClH/c1-2-20-13-15-23(16-14-20)27-25(30)17-24-19-31-26(28-22-11-7-4-8-12-22)29(24)18-21-9-5-3-6-10-21;/h3,5-6,9-10,13-16,19,22H,2,4,7-8,11-12,17-18H2,1H3,(H,27,30);1H. The number of halogens is 1. The zero-order chi connectivity index (χ0) is 21.5. The van der Waals surface area contributed by atoms with E-state index in [1.165, 1.54) is 43.2 Å². The van der Waals surface area contributed by atoms with Gasteiger partial charge in [-0.15, -0.1) is 23.7 Å². The molecule has 0 saturated heterocycles. The first-order valence-electron chi connectivity index (χ1n) is 11.3. The van der Waals surface area contributed by atoms with Crippen LogP contribution in [0.25, 0.3) is 0 Å². The molecule has 1 amide bonds. The monoisotopic (exact) mass is 469 g/mol. The third-order valence-electron chi connectivity index (χ3n) is 5.92. The molecule has 0 bridgehead atoms. The fraction of sp³-hybridized carbons (Fsp3) is 0.385. The van der Waals surface area contributed by atoms with Crippen molar-refractivity contribution in [2.75, 3.05) is 5.32 Å². The predicted octanol–water partition coefficient (Wildman–Crippen LogP) is 6.00. The normalized spacial score (nSPS) is 14.7. The number of aromatic nitrogens is 1. The lowest BCUT2D eigenvalue weighted by molar-refractivity contribution is -0.115. The Bertz CT molecular complexity index is 1050. The van der Waals surface area contributed by atoms with Crippen LogP contribution in [0.4, 0.5) is 5.69 Å². The molecule has 6 heteroatoms. The molecule has 170 valence electrons. The van der Waals surface area contributed by atoms with Crippen molar-refractivity contribution in [3.8, 4) is 0 Å². The maximum Gasteiger partial charge on any atom is 0.230 e. The number of hydrogen-bond acceptors (Lipinski definition) is 3. The van der Waals surface area contributed by atoms with Gasteiger partial charge in [-0.1, -0.05) is 68.7 Å². The van der Waals surface area contributed by atoms with Crippen LogP contribution in [0.2, 0.25) is 0 Å². The van der Waals surface area contributed by atoms with Crippen LogP contribution in [0.3, 0.4) is 0 Å². The first kappa shape index (κ1) is 24.3. The number of nitrogens with zero attached hydrogens (tertiary/aromatic N) is 2. The molecule has 3 aromatic rings. The Labute approximate surface area is 200 Å². The van der Waals surface area contributed by atoms with Gasteiger partial charge in [-0.25, -0.2) is 0 Å². The van der Waals surface area contributed by atoms with Crippen molar-refractivity contribution < 1.29 is 4.79 Å². The Morgan fingerprint density at radius 1 is 1.03 bits per heavy atom. The highest BCUT2D eigenvalue weighted by Gasteiger charge is 2.15. The second-order valence-electron chi connectivity index (χ2n) is 8.28. The molecule has 32 heavy (non-hydrogen) atoms. The first-order valence-corrected chi connectivity index (χ1v) is 12.2. The summed E-state index contributed by atoms with van der Waals surface area (Å²) < 4.78 is 2.23. The summed E-state index contributed by atoms with van der Waals surface area (Å²) in [6.45, 7) is 2.87. The third-order valence-corrected chi connectivity index (χ3v) is 6.84. The van der Waals surface area contributed by atoms with Crippen molar-refractivity contribution in [1.29, 1.82) is 0 Å². The van der Waals surface area contributed by atoms with Crippen LogP contribution >= 0.6 is 23.7 Å². The van der Waals surface area contributed by atoms with E-state index in [2.05, 4.69) is 58.6 Å². The van der Waals surface area contributed by atoms with Crippen LogP contribution in [-0.4, -0.2) is 16.5 Å². The number of aryl methyl sites for hydroxylation is 1. The van der Waals surface area contributed by atoms with Gasteiger partial charge < -0.3 is 9.88 Å². The van der Waals surface area contributed by atoms with Gasteiger partial charge in [0, 0.05) is 16.8 Å². The molecular formula is C26H32ClN3OS. The van der Waals surface area contributed by atoms with Gasteiger partial charge in [0.2, 0.25) is 5.91 Å². The minimum Gasteiger partial charge on any atom is -0.326 e. The second-order valence-corrected chi connectivity index (χ2v) is 9.11. The number of nitrogens with one attached hydrogen (secondary N) is 1. The van der Waals surface area contributed by atoms with E-state index < -0.39 is 0 Å². The topological polar surface area (TPSA) is 46.4 Å². The lowest BCUT2D eigenvalue weighted by atomic mass is 9.96. The Balaban J connectivity index is 0.00000289. The van der Waals surface area contributed by atoms with Crippen molar-refractivity contribution in [1.82, 2.24) is 4.57 Å². The SMILES string of the molecule is CCc1ccc(NC(=O)Cc2csc(=NC3CCCCC3)n2Cc2ccccc2)cc1.Cl. The number of amides is 1. The third kappa shape index (κ3) is 6.57. The fourth-order valence-corrected chi connectivity index (χ4v) is 5.07. The molecule has 0 unspecified atom stereocenters. The molecule has 1 aliphatic carbocycles. The van der Waals surface area contributed by atoms with Gasteiger partial charge in [-0.05, 0) is 42.5 Å². The van der Waals surface area contributed by atoms with E-state index >= 15 is 0 Å². The maximum atomic E-state index is 12.8. The van der Waals surface area contributed by atoms with E-state index in [9.17, 15) is 4.79 Å². The summed E-state index contributed by atoms with van der Waals surface area (Å²) in [5.74, 6) is 0.00748. The number of anilines is 1. The number of thiazole rings is 1. The number of hydrogen-bond donors (Lipinski definition) is 1. The summed E-state index contributed by atoms with van der Waals surface area (Å²) in [5.41, 5.74) is 4.36. The highest BCUT2D eigenvalue weighted by atomic mass is 35.5. The Morgan fingerprint density at radius 3 is 2.44 bits per heavy atom. The summed E-state index contributed by atoms with van der Waals surface area (Å²) in [6.07, 6.45) is 7.55. The van der Waals surface area contributed by atoms with Crippen molar-refractivity contribution in [2.45, 2.75) is 64.5 Å². The molecule has 4 nitrogen and oxygen atoms in total. The Kier molecular flexibility index (Phi) is 9.12. The van der Waals surface area contributed by atoms with Gasteiger partial charge >= 0.3 is 0 Å². The molecule has 2 aromatic carbocycles. The van der Waals surface area contributed by atoms with Gasteiger partial charge in [-0.3, -0.25) is 9.79 Å². The van der Waals surface area contributed by atoms with Gasteiger partial charge in [-0.2, -0.15) is 0 Å². The lowest BCUT2D eigenvalue weighted by Gasteiger charge is -2.17. The molecule has 0 aliphatic heterocycles. The number of benzene rings is 2. The Hall–Kier alpha value is -2.37. The smallest absolute Gasteiger partial charge is 0.230 e. The molecule has 1 aromatic heterocycles. The van der Waals surface area contributed by atoms with Gasteiger partial charge in [0.25, 0.3) is 0 Å². The maximum absolute atomic E-state index is 12.8. The van der Waals surface area contributed by atoms with Crippen LogP contribution in [-0.2, 0) is 24.2 Å². The van der Waals surface area contributed by atoms with E-state index in [0.29, 0.717) is 12.5 Å². The summed E-state index contributed by atoms with van der Waals surface area (Å²) in [7, 11) is 0. The van der Waals surface area contributed by atoms with Gasteiger partial charge in [0.05, 0.1) is 19.0 Å². The number of rotatable bonds is 7. The minimum absolute atomic E-state index is 0. The highest BCUT2D eigenvalue weighted by Crippen LogP contribution is 2.20. The second kappa shape index (κ2) is 12.0. The Morgan fingerprint density at radius 2 is 1.75 bits per heavy atom. The van der Waals surface area contributed by atoms with Crippen molar-refractivity contribution >= 4 is 35.3 Å². The minimum atomic E-state index is 0. The predicted molar refractivity (Wildman–Crippen MR) is 136 cm³/mol. The summed E-state index contributed by atoms with van der Waals surface area (Å²) in [6, 6.07) is 18.9. The van der Waals surface area contributed by atoms with Crippen LogP contribution < -0.4 is 10.1 Å². The molecule has 4 rings (SSSR count). The van der Waals surface area contributed by atoms with Crippen LogP contribution in [0, 0.1) is 0 Å². The summed E-state index contributed by atoms with van der Waals surface area (Å²) >= 11 is 1.66. The zero-order valence-corrected chi connectivity index (χ0v) is 20.3. The van der Waals surface area contributed by atoms with Gasteiger partial charge in [0.15, 0.2) is 4.80 Å². The molecule has 1 fully saturated rings. The van der Waals surface area contributed by atoms with E-state index in [-0.39, 0.29) is 18.3 Å². The van der Waals surface area contributed by atoms with Crippen LogP contribution in [0.15, 0.2) is 65.0 Å². The molecule has 1 heterocycles. The number of carbonyl (C=O) groups is 1. The van der Waals surface area contributed by atoms with Crippen molar-refractivity contribution in [3.63, 3.8) is 0 Å². The average Bonchev–Trinajstić information content (AvgIpc) is 3.16. The first-order chi connectivity index (χ1) is 15.2. The number of carbonyl (C=O) groups excluding carboxylic acids is 1. The van der Waals surface area contributed by atoms with Gasteiger partial charge in [0.1, 0.15) is 0 Å². The van der Waals surface area contributed by atoms with Crippen LogP contribution in [0.5, 0.6) is 0 Å². The van der Waals surface area contributed by atoms with E-state index in [1.54, 1.807) is 11.3 Å². The molecule has 1 N–H and O–H groups in total. The fourth-order valence-electron chi connectivity index (χ4n) is 4.10. The van der Waals surface area contributed by atoms with E-state index in [4.69, 9.17) is 4.99 Å². The zero-order valence-electron chi connectivity index (χ0n) is 18.6. The lowest BCUT2D eigenvalue weighted by Crippen LogP contribution is -2.24. The van der Waals surface area contributed by atoms with E-state index in [1.807, 2.05) is 18.2 Å². The van der Waals surface area contributed by atoms with Crippen molar-refractivity contribution in [3.05, 3.63) is 81.6 Å². The summed E-state index contributed by atoms with van der Waals surface area (Å²) in [5, 5.41) is 5.15. The molecule has 0 atom stereocenters. The quantitative estimate of drug-likeness (QED) is 0.453. The molecule has 1 aliphatic rings. The molecule has 1 saturated carbocycles.